The van der Waals surface area contributed by atoms with Crippen LogP contribution in [0.25, 0.3) is 0 Å². The highest BCUT2D eigenvalue weighted by atomic mass is 32.2. The maximum atomic E-state index is 13.0. The highest BCUT2D eigenvalue weighted by Gasteiger charge is 2.21. The lowest BCUT2D eigenvalue weighted by molar-refractivity contribution is 0.00570. The number of nitrogens with one attached hydrogen (secondary N) is 1. The number of sulfonamides is 1. The zero-order valence-electron chi connectivity index (χ0n) is 23.2. The Hall–Kier alpha value is -3.98. The van der Waals surface area contributed by atoms with Crippen LogP contribution in [0.1, 0.15) is 78.9 Å². The lowest BCUT2D eigenvalue weighted by Gasteiger charge is -2.19. The molecule has 206 valence electrons. The molecule has 0 saturated carbocycles. The molecule has 3 aromatic rings. The van der Waals surface area contributed by atoms with Crippen molar-refractivity contribution in [3.05, 3.63) is 101 Å². The molecule has 0 aromatic heterocycles. The number of hydrogen-bond donors (Lipinski definition) is 1. The van der Waals surface area contributed by atoms with Crippen molar-refractivity contribution < 1.29 is 27.5 Å². The number of carbonyl (C=O) groups excluding carboxylic acids is 2. The van der Waals surface area contributed by atoms with Gasteiger partial charge in [-0.05, 0) is 84.4 Å². The van der Waals surface area contributed by atoms with Gasteiger partial charge in [-0.25, -0.2) is 9.59 Å². The second-order valence-electron chi connectivity index (χ2n) is 11.0. The molecule has 0 aliphatic carbocycles. The van der Waals surface area contributed by atoms with E-state index in [9.17, 15) is 18.0 Å². The van der Waals surface area contributed by atoms with E-state index < -0.39 is 33.2 Å². The zero-order valence-corrected chi connectivity index (χ0v) is 24.0. The molecule has 9 heteroatoms. The summed E-state index contributed by atoms with van der Waals surface area (Å²) in [6, 6.07) is 19.6. The van der Waals surface area contributed by atoms with Gasteiger partial charge in [0.05, 0.1) is 21.7 Å². The Bertz CT molecular complexity index is 1400. The topological polar surface area (TPSA) is 111 Å². The smallest absolute Gasteiger partial charge is 0.338 e. The molecule has 0 radical (unpaired) electrons. The number of esters is 2. The summed E-state index contributed by atoms with van der Waals surface area (Å²) in [4.78, 5) is 27.4. The van der Waals surface area contributed by atoms with Gasteiger partial charge in [0, 0.05) is 11.1 Å². The van der Waals surface area contributed by atoms with Crippen LogP contribution in [0.5, 0.6) is 0 Å². The fourth-order valence-electron chi connectivity index (χ4n) is 3.51. The first-order chi connectivity index (χ1) is 18.1. The number of hydrazone groups is 1. The van der Waals surface area contributed by atoms with Crippen molar-refractivity contribution in [2.24, 2.45) is 5.10 Å². The maximum Gasteiger partial charge on any atom is 0.338 e. The number of ether oxygens (including phenoxy) is 2. The van der Waals surface area contributed by atoms with Crippen molar-refractivity contribution in [2.45, 2.75) is 64.6 Å². The van der Waals surface area contributed by atoms with Crippen molar-refractivity contribution in [1.29, 1.82) is 0 Å². The Balaban J connectivity index is 2.00. The van der Waals surface area contributed by atoms with E-state index in [0.29, 0.717) is 33.5 Å². The molecule has 0 heterocycles. The van der Waals surface area contributed by atoms with Crippen molar-refractivity contribution in [2.75, 3.05) is 0 Å². The molecule has 1 N–H and O–H groups in total. The first kappa shape index (κ1) is 29.6. The normalized spacial score (nSPS) is 11.9. The van der Waals surface area contributed by atoms with Crippen molar-refractivity contribution in [1.82, 2.24) is 4.83 Å². The second-order valence-corrected chi connectivity index (χ2v) is 12.6. The Morgan fingerprint density at radius 1 is 0.667 bits per heavy atom. The van der Waals surface area contributed by atoms with E-state index in [2.05, 4.69) is 9.93 Å². The summed E-state index contributed by atoms with van der Waals surface area (Å²) in [6.45, 7) is 12.4. The average Bonchev–Trinajstić information content (AvgIpc) is 2.83. The van der Waals surface area contributed by atoms with Crippen LogP contribution in [0.15, 0.2) is 82.8 Å². The van der Waals surface area contributed by atoms with Crippen molar-refractivity contribution in [3.8, 4) is 0 Å². The van der Waals surface area contributed by atoms with Gasteiger partial charge in [0.2, 0.25) is 0 Å². The lowest BCUT2D eigenvalue weighted by Crippen LogP contribution is -2.24. The molecule has 3 rings (SSSR count). The predicted octanol–water partition coefficient (Wildman–Crippen LogP) is 5.64. The molecule has 0 saturated heterocycles. The minimum atomic E-state index is -3.97. The van der Waals surface area contributed by atoms with Gasteiger partial charge in [-0.2, -0.15) is 18.4 Å². The highest BCUT2D eigenvalue weighted by Crippen LogP contribution is 2.19. The van der Waals surface area contributed by atoms with Crippen LogP contribution in [-0.2, 0) is 19.5 Å². The van der Waals surface area contributed by atoms with Crippen LogP contribution in [0.4, 0.5) is 0 Å². The lowest BCUT2D eigenvalue weighted by atomic mass is 10.00. The Kier molecular flexibility index (Phi) is 8.65. The van der Waals surface area contributed by atoms with E-state index >= 15 is 0 Å². The molecule has 0 spiro atoms. The number of nitrogens with zero attached hydrogens (tertiary/aromatic N) is 1. The van der Waals surface area contributed by atoms with Gasteiger partial charge in [0.25, 0.3) is 10.0 Å². The van der Waals surface area contributed by atoms with Gasteiger partial charge in [-0.3, -0.25) is 0 Å². The second kappa shape index (κ2) is 11.4. The number of carbonyl (C=O) groups is 2. The molecule has 0 bridgehead atoms. The molecular formula is C30H34N2O6S. The first-order valence-corrected chi connectivity index (χ1v) is 13.9. The van der Waals surface area contributed by atoms with Crippen molar-refractivity contribution >= 4 is 27.7 Å². The SMILES string of the molecule is Cc1ccccc1S(=O)(=O)NN=C(c1ccc(C(=O)OC(C)(C)C)cc1)c1ccc(C(=O)OC(C)(C)C)cc1. The summed E-state index contributed by atoms with van der Waals surface area (Å²) in [5.41, 5.74) is 1.34. The van der Waals surface area contributed by atoms with E-state index in [0.717, 1.165) is 0 Å². The minimum absolute atomic E-state index is 0.105. The molecule has 0 fully saturated rings. The van der Waals surface area contributed by atoms with Gasteiger partial charge in [0.1, 0.15) is 11.2 Å². The monoisotopic (exact) mass is 550 g/mol. The van der Waals surface area contributed by atoms with Gasteiger partial charge < -0.3 is 9.47 Å². The fourth-order valence-corrected chi connectivity index (χ4v) is 4.57. The van der Waals surface area contributed by atoms with Crippen LogP contribution in [0.3, 0.4) is 0 Å². The van der Waals surface area contributed by atoms with Crippen LogP contribution in [-0.4, -0.2) is 37.3 Å². The van der Waals surface area contributed by atoms with Gasteiger partial charge in [-0.15, -0.1) is 0 Å². The summed E-state index contributed by atoms with van der Waals surface area (Å²) in [7, 11) is -3.97. The molecule has 0 aliphatic rings. The van der Waals surface area contributed by atoms with Crippen LogP contribution in [0.2, 0.25) is 0 Å². The van der Waals surface area contributed by atoms with Crippen LogP contribution >= 0.6 is 0 Å². The molecule has 0 atom stereocenters. The number of benzene rings is 3. The number of hydrogen-bond acceptors (Lipinski definition) is 7. The molecule has 8 nitrogen and oxygen atoms in total. The summed E-state index contributed by atoms with van der Waals surface area (Å²) in [6.07, 6.45) is 0. The quantitative estimate of drug-likeness (QED) is 0.232. The van der Waals surface area contributed by atoms with Crippen LogP contribution < -0.4 is 4.83 Å². The first-order valence-electron chi connectivity index (χ1n) is 12.4. The molecular weight excluding hydrogens is 516 g/mol. The fraction of sp³-hybridized carbons (Fsp3) is 0.300. The minimum Gasteiger partial charge on any atom is -0.456 e. The molecule has 0 aliphatic heterocycles. The Morgan fingerprint density at radius 2 is 1.05 bits per heavy atom. The third-order valence-corrected chi connectivity index (χ3v) is 6.62. The van der Waals surface area contributed by atoms with E-state index in [1.807, 2.05) is 0 Å². The van der Waals surface area contributed by atoms with E-state index in [1.54, 1.807) is 115 Å². The standard InChI is InChI=1S/C30H34N2O6S/c1-20-10-8-9-11-25(20)39(35,36)32-31-26(21-12-16-23(17-13-21)27(33)37-29(2,3)4)22-14-18-24(19-15-22)28(34)38-30(5,6)7/h8-19,32H,1-7H3. The maximum absolute atomic E-state index is 13.0. The molecule has 0 amide bonds. The summed E-state index contributed by atoms with van der Waals surface area (Å²) in [5, 5.41) is 4.27. The van der Waals surface area contributed by atoms with Gasteiger partial charge >= 0.3 is 11.9 Å². The molecule has 3 aromatic carbocycles. The van der Waals surface area contributed by atoms with E-state index in [1.165, 1.54) is 6.07 Å². The van der Waals surface area contributed by atoms with Crippen LogP contribution in [0, 0.1) is 6.92 Å². The largest absolute Gasteiger partial charge is 0.456 e. The number of aryl methyl sites for hydroxylation is 1. The Labute approximate surface area is 230 Å². The summed E-state index contributed by atoms with van der Waals surface area (Å²) in [5.74, 6) is -0.955. The van der Waals surface area contributed by atoms with Gasteiger partial charge in [0.15, 0.2) is 0 Å². The van der Waals surface area contributed by atoms with Gasteiger partial charge in [-0.1, -0.05) is 42.5 Å². The third-order valence-electron chi connectivity index (χ3n) is 5.25. The highest BCUT2D eigenvalue weighted by molar-refractivity contribution is 7.89. The number of rotatable bonds is 7. The molecule has 39 heavy (non-hydrogen) atoms. The van der Waals surface area contributed by atoms with Crippen molar-refractivity contribution in [3.63, 3.8) is 0 Å². The van der Waals surface area contributed by atoms with E-state index in [4.69, 9.17) is 9.47 Å². The molecule has 0 unspecified atom stereocenters. The predicted molar refractivity (Wildman–Crippen MR) is 150 cm³/mol. The average molecular weight is 551 g/mol. The summed E-state index contributed by atoms with van der Waals surface area (Å²) < 4.78 is 36.9. The van der Waals surface area contributed by atoms with E-state index in [-0.39, 0.29) is 4.90 Å². The zero-order chi connectivity index (χ0) is 29.0. The summed E-state index contributed by atoms with van der Waals surface area (Å²) >= 11 is 0. The third kappa shape index (κ3) is 8.25. The Morgan fingerprint density at radius 3 is 1.44 bits per heavy atom.